The second kappa shape index (κ2) is 8.32. The number of carbonyl (C=O) groups excluding carboxylic acids is 2. The first kappa shape index (κ1) is 22.7. The molecule has 0 atom stereocenters. The maximum atomic E-state index is 13.7. The third kappa shape index (κ3) is 3.73. The fourth-order valence-electron chi connectivity index (χ4n) is 5.47. The van der Waals surface area contributed by atoms with Gasteiger partial charge < -0.3 is 19.1 Å². The summed E-state index contributed by atoms with van der Waals surface area (Å²) in [7, 11) is 0. The minimum Gasteiger partial charge on any atom is -0.450 e. The van der Waals surface area contributed by atoms with Crippen LogP contribution in [-0.2, 0) is 40.9 Å². The molecule has 0 saturated carbocycles. The Bertz CT molecular complexity index is 1120. The predicted octanol–water partition coefficient (Wildman–Crippen LogP) is 3.97. The number of anilines is 1. The van der Waals surface area contributed by atoms with Crippen molar-refractivity contribution in [2.75, 3.05) is 24.6 Å². The van der Waals surface area contributed by atoms with Gasteiger partial charge in [0, 0.05) is 37.4 Å². The van der Waals surface area contributed by atoms with E-state index in [9.17, 15) is 22.8 Å². The van der Waals surface area contributed by atoms with Crippen molar-refractivity contribution in [3.05, 3.63) is 47.0 Å². The number of nitrogens with zero attached hydrogens (tertiary/aromatic N) is 4. The van der Waals surface area contributed by atoms with Crippen molar-refractivity contribution in [1.82, 2.24) is 14.5 Å². The monoisotopic (exact) mass is 476 g/mol. The number of hydrogen-bond acceptors (Lipinski definition) is 4. The summed E-state index contributed by atoms with van der Waals surface area (Å²) >= 11 is 0. The zero-order valence-electron chi connectivity index (χ0n) is 19.0. The molecule has 1 aliphatic carbocycles. The highest BCUT2D eigenvalue weighted by Crippen LogP contribution is 2.48. The van der Waals surface area contributed by atoms with Crippen LogP contribution in [0.25, 0.3) is 0 Å². The van der Waals surface area contributed by atoms with Gasteiger partial charge >= 0.3 is 12.3 Å². The molecule has 3 heterocycles. The molecule has 10 heteroatoms. The quantitative estimate of drug-likeness (QED) is 0.633. The minimum absolute atomic E-state index is 0.0255. The summed E-state index contributed by atoms with van der Waals surface area (Å²) in [5, 5.41) is 0. The topological polar surface area (TPSA) is 67.7 Å². The summed E-state index contributed by atoms with van der Waals surface area (Å²) in [5.41, 5.74) is 2.72. The number of fused-ring (bicyclic) bond motifs is 3. The lowest BCUT2D eigenvalue weighted by atomic mass is 9.75. The number of halogens is 3. The maximum Gasteiger partial charge on any atom is 0.409 e. The van der Waals surface area contributed by atoms with E-state index in [2.05, 4.69) is 0 Å². The summed E-state index contributed by atoms with van der Waals surface area (Å²) in [5.74, 6) is 0.507. The molecule has 0 bridgehead atoms. The Morgan fingerprint density at radius 3 is 2.71 bits per heavy atom. The van der Waals surface area contributed by atoms with E-state index < -0.39 is 24.1 Å². The number of ether oxygens (including phenoxy) is 1. The fourth-order valence-corrected chi connectivity index (χ4v) is 5.47. The van der Waals surface area contributed by atoms with Crippen LogP contribution in [0.4, 0.5) is 23.7 Å². The van der Waals surface area contributed by atoms with Crippen LogP contribution in [0.15, 0.2) is 24.3 Å². The van der Waals surface area contributed by atoms with Crippen molar-refractivity contribution in [1.29, 1.82) is 0 Å². The number of para-hydroxylation sites is 1. The smallest absolute Gasteiger partial charge is 0.409 e. The van der Waals surface area contributed by atoms with Gasteiger partial charge in [0.15, 0.2) is 0 Å². The first-order chi connectivity index (χ1) is 16.2. The van der Waals surface area contributed by atoms with Crippen LogP contribution in [-0.4, -0.2) is 52.3 Å². The molecule has 1 aromatic carbocycles. The number of benzene rings is 1. The highest BCUT2D eigenvalue weighted by Gasteiger charge is 2.59. The number of imidazole rings is 1. The number of aromatic nitrogens is 2. The van der Waals surface area contributed by atoms with Crippen LogP contribution in [0.5, 0.6) is 0 Å². The van der Waals surface area contributed by atoms with Crippen molar-refractivity contribution in [3.8, 4) is 0 Å². The first-order valence-electron chi connectivity index (χ1n) is 11.7. The Morgan fingerprint density at radius 2 is 1.97 bits per heavy atom. The molecule has 182 valence electrons. The summed E-state index contributed by atoms with van der Waals surface area (Å²) in [6.45, 7) is 2.90. The van der Waals surface area contributed by atoms with Crippen LogP contribution in [0.1, 0.15) is 49.0 Å². The van der Waals surface area contributed by atoms with Gasteiger partial charge in [0.25, 0.3) is 0 Å². The van der Waals surface area contributed by atoms with Gasteiger partial charge in [-0.3, -0.25) is 4.79 Å². The Morgan fingerprint density at radius 1 is 1.21 bits per heavy atom. The molecule has 3 aliphatic rings. The lowest BCUT2D eigenvalue weighted by Crippen LogP contribution is -2.65. The third-order valence-corrected chi connectivity index (χ3v) is 7.02. The molecule has 34 heavy (non-hydrogen) atoms. The molecular formula is C24H27F3N4O3. The highest BCUT2D eigenvalue weighted by molar-refractivity contribution is 6.09. The zero-order valence-corrected chi connectivity index (χ0v) is 19.0. The first-order valence-corrected chi connectivity index (χ1v) is 11.7. The summed E-state index contributed by atoms with van der Waals surface area (Å²) in [6, 6.07) is 7.51. The van der Waals surface area contributed by atoms with E-state index in [0.717, 1.165) is 41.9 Å². The molecule has 7 nitrogen and oxygen atoms in total. The van der Waals surface area contributed by atoms with Crippen LogP contribution < -0.4 is 4.90 Å². The molecule has 0 N–H and O–H groups in total. The van der Waals surface area contributed by atoms with E-state index in [1.54, 1.807) is 11.8 Å². The molecule has 1 saturated heterocycles. The molecule has 2 aromatic rings. The number of amides is 2. The second-order valence-corrected chi connectivity index (χ2v) is 9.19. The van der Waals surface area contributed by atoms with Gasteiger partial charge in [-0.25, -0.2) is 9.78 Å². The number of aryl methyl sites for hydroxylation is 1. The van der Waals surface area contributed by atoms with Crippen molar-refractivity contribution < 1.29 is 27.5 Å². The molecule has 5 rings (SSSR count). The Labute approximate surface area is 195 Å². The van der Waals surface area contributed by atoms with Gasteiger partial charge in [-0.1, -0.05) is 18.2 Å². The van der Waals surface area contributed by atoms with Gasteiger partial charge in [0.05, 0.1) is 18.8 Å². The SMILES string of the molecule is CCOC(=O)N1CC2(C1)C(=O)N(Cc1nc3c(n1CCCC(F)(F)F)CCC3)c1ccccc12. The molecule has 2 amide bonds. The van der Waals surface area contributed by atoms with Gasteiger partial charge in [-0.2, -0.15) is 13.2 Å². The Balaban J connectivity index is 1.40. The van der Waals surface area contributed by atoms with Crippen molar-refractivity contribution in [3.63, 3.8) is 0 Å². The van der Waals surface area contributed by atoms with Crippen LogP contribution in [0.3, 0.4) is 0 Å². The van der Waals surface area contributed by atoms with Crippen molar-refractivity contribution in [2.24, 2.45) is 0 Å². The van der Waals surface area contributed by atoms with Gasteiger partial charge in [-0.15, -0.1) is 0 Å². The van der Waals surface area contributed by atoms with Gasteiger partial charge in [0.2, 0.25) is 5.91 Å². The molecular weight excluding hydrogens is 449 g/mol. The van der Waals surface area contributed by atoms with E-state index in [4.69, 9.17) is 9.72 Å². The predicted molar refractivity (Wildman–Crippen MR) is 117 cm³/mol. The normalized spacial score (nSPS) is 18.3. The average Bonchev–Trinajstić information content (AvgIpc) is 3.39. The summed E-state index contributed by atoms with van der Waals surface area (Å²) < 4.78 is 45.2. The zero-order chi connectivity index (χ0) is 24.1. The fraction of sp³-hybridized carbons (Fsp3) is 0.542. The minimum atomic E-state index is -4.20. The molecule has 1 fully saturated rings. The van der Waals surface area contributed by atoms with Gasteiger partial charge in [0.1, 0.15) is 11.2 Å². The molecule has 1 aromatic heterocycles. The largest absolute Gasteiger partial charge is 0.450 e. The standard InChI is InChI=1S/C24H27F3N4O3/c1-2-34-22(33)29-14-23(15-29)16-7-3-4-9-18(16)31(21(23)32)13-20-28-17-8-5-10-19(17)30(20)12-6-11-24(25,26)27/h3-4,7,9H,2,5-6,8,10-15H2,1H3. The van der Waals surface area contributed by atoms with Crippen LogP contribution in [0, 0.1) is 0 Å². The number of likely N-dealkylation sites (tertiary alicyclic amines) is 1. The van der Waals surface area contributed by atoms with Crippen molar-refractivity contribution in [2.45, 2.75) is 63.7 Å². The van der Waals surface area contributed by atoms with Crippen LogP contribution in [0.2, 0.25) is 0 Å². The number of rotatable bonds is 6. The molecule has 0 unspecified atom stereocenters. The lowest BCUT2D eigenvalue weighted by molar-refractivity contribution is -0.136. The van der Waals surface area contributed by atoms with E-state index >= 15 is 0 Å². The summed E-state index contributed by atoms with van der Waals surface area (Å²) in [6.07, 6.45) is -2.98. The number of carbonyl (C=O) groups is 2. The number of hydrogen-bond donors (Lipinski definition) is 0. The molecule has 0 radical (unpaired) electrons. The lowest BCUT2D eigenvalue weighted by Gasteiger charge is -2.45. The second-order valence-electron chi connectivity index (χ2n) is 9.19. The maximum absolute atomic E-state index is 13.7. The van der Waals surface area contributed by atoms with Gasteiger partial charge in [-0.05, 0) is 44.2 Å². The number of alkyl halides is 3. The van der Waals surface area contributed by atoms with E-state index in [-0.39, 0.29) is 45.1 Å². The van der Waals surface area contributed by atoms with E-state index in [1.807, 2.05) is 28.8 Å². The Kier molecular flexibility index (Phi) is 5.56. The average molecular weight is 476 g/mol. The third-order valence-electron chi connectivity index (χ3n) is 7.02. The van der Waals surface area contributed by atoms with Crippen molar-refractivity contribution >= 4 is 17.7 Å². The molecule has 1 spiro atoms. The van der Waals surface area contributed by atoms with Crippen LogP contribution >= 0.6 is 0 Å². The Hall–Kier alpha value is -3.04. The highest BCUT2D eigenvalue weighted by atomic mass is 19.4. The molecule has 2 aliphatic heterocycles. The van der Waals surface area contributed by atoms with E-state index in [0.29, 0.717) is 5.82 Å². The van der Waals surface area contributed by atoms with E-state index in [1.165, 1.54) is 4.90 Å². The summed E-state index contributed by atoms with van der Waals surface area (Å²) in [4.78, 5) is 33.8.